The molecule has 0 amide bonds. The first-order chi connectivity index (χ1) is 4.88. The molecule has 1 aliphatic heterocycles. The minimum absolute atomic E-state index is 0.245. The van der Waals surface area contributed by atoms with Crippen molar-refractivity contribution in [3.05, 3.63) is 11.6 Å². The average molecular weight is 135 g/mol. The Morgan fingerprint density at radius 3 is 3.10 bits per heavy atom. The number of nitrogens with zero attached hydrogens (tertiary/aromatic N) is 1. The Balaban J connectivity index is 2.34. The fourth-order valence-electron chi connectivity index (χ4n) is 1.49. The van der Waals surface area contributed by atoms with Gasteiger partial charge in [-0.15, -0.1) is 0 Å². The number of hydrogen-bond donors (Lipinski definition) is 0. The van der Waals surface area contributed by atoms with Crippen molar-refractivity contribution in [3.63, 3.8) is 0 Å². The summed E-state index contributed by atoms with van der Waals surface area (Å²) in [5, 5.41) is 0. The number of allylic oxidation sites excluding steroid dienone is 1. The van der Waals surface area contributed by atoms with E-state index in [9.17, 15) is 4.79 Å². The third-order valence-corrected chi connectivity index (χ3v) is 2.01. The highest BCUT2D eigenvalue weighted by Gasteiger charge is 2.23. The summed E-state index contributed by atoms with van der Waals surface area (Å²) in [4.78, 5) is 15.2. The van der Waals surface area contributed by atoms with E-state index in [0.29, 0.717) is 6.42 Å². The number of aliphatic imine (C=N–C) groups is 1. The molecule has 2 heteroatoms. The van der Waals surface area contributed by atoms with Crippen LogP contribution < -0.4 is 0 Å². The molecule has 0 atom stereocenters. The van der Waals surface area contributed by atoms with Crippen LogP contribution in [0.3, 0.4) is 0 Å². The van der Waals surface area contributed by atoms with Crippen molar-refractivity contribution in [1.82, 2.24) is 0 Å². The van der Waals surface area contributed by atoms with Crippen LogP contribution in [0.2, 0.25) is 0 Å². The predicted octanol–water partition coefficient (Wildman–Crippen LogP) is 1.12. The van der Waals surface area contributed by atoms with Crippen LogP contribution in [0, 0.1) is 0 Å². The number of carbonyl (C=O) groups excluding carboxylic acids is 1. The average Bonchev–Trinajstić information content (AvgIpc) is 2.36. The minimum atomic E-state index is 0.245. The molecule has 0 bridgehead atoms. The smallest absolute Gasteiger partial charge is 0.181 e. The van der Waals surface area contributed by atoms with Gasteiger partial charge in [0.2, 0.25) is 0 Å². The number of fused-ring (bicyclic) bond motifs is 1. The molecule has 0 unspecified atom stereocenters. The Morgan fingerprint density at radius 1 is 1.40 bits per heavy atom. The highest BCUT2D eigenvalue weighted by Crippen LogP contribution is 2.21. The molecule has 0 radical (unpaired) electrons. The van der Waals surface area contributed by atoms with Crippen molar-refractivity contribution < 1.29 is 4.79 Å². The third kappa shape index (κ3) is 0.719. The largest absolute Gasteiger partial charge is 0.292 e. The first-order valence-electron chi connectivity index (χ1n) is 3.65. The molecular formula is C8H9NO. The lowest BCUT2D eigenvalue weighted by atomic mass is 9.93. The lowest BCUT2D eigenvalue weighted by molar-refractivity contribution is -0.113. The number of Topliss-reactive ketones (excluding diaryl/α,β-unsaturated/α-hetero) is 1. The number of carbonyl (C=O) groups is 1. The summed E-state index contributed by atoms with van der Waals surface area (Å²) < 4.78 is 0. The van der Waals surface area contributed by atoms with Crippen LogP contribution in [0.5, 0.6) is 0 Å². The molecule has 52 valence electrons. The molecule has 10 heavy (non-hydrogen) atoms. The Hall–Kier alpha value is -0.920. The lowest BCUT2D eigenvalue weighted by Crippen LogP contribution is -2.19. The van der Waals surface area contributed by atoms with Crippen LogP contribution >= 0.6 is 0 Å². The normalized spacial score (nSPS) is 23.8. The predicted molar refractivity (Wildman–Crippen MR) is 39.2 cm³/mol. The molecule has 1 aliphatic carbocycles. The quantitative estimate of drug-likeness (QED) is 0.489. The Kier molecular flexibility index (Phi) is 1.19. The molecule has 2 rings (SSSR count). The fraction of sp³-hybridized carbons (Fsp3) is 0.500. The van der Waals surface area contributed by atoms with Crippen LogP contribution in [0.1, 0.15) is 19.3 Å². The van der Waals surface area contributed by atoms with Crippen molar-refractivity contribution in [2.45, 2.75) is 19.3 Å². The van der Waals surface area contributed by atoms with Gasteiger partial charge in [0.05, 0.1) is 6.54 Å². The second kappa shape index (κ2) is 2.04. The molecule has 0 aromatic heterocycles. The molecule has 0 N–H and O–H groups in total. The second-order valence-corrected chi connectivity index (χ2v) is 2.70. The van der Waals surface area contributed by atoms with Gasteiger partial charge in [0.15, 0.2) is 5.78 Å². The van der Waals surface area contributed by atoms with E-state index in [1.165, 1.54) is 5.57 Å². The summed E-state index contributed by atoms with van der Waals surface area (Å²) in [5.74, 6) is 0.245. The molecule has 0 aromatic carbocycles. The number of rotatable bonds is 0. The molecular weight excluding hydrogens is 126 g/mol. The molecule has 2 nitrogen and oxygen atoms in total. The standard InChI is InChI=1S/C8H9NO/c10-7-3-1-2-6-4-5-9-8(6)7/h4H,1-3,5H2. The summed E-state index contributed by atoms with van der Waals surface area (Å²) in [6.07, 6.45) is 4.84. The first kappa shape index (κ1) is 5.83. The van der Waals surface area contributed by atoms with E-state index >= 15 is 0 Å². The fourth-order valence-corrected chi connectivity index (χ4v) is 1.49. The van der Waals surface area contributed by atoms with Gasteiger partial charge in [-0.3, -0.25) is 9.79 Å². The van der Waals surface area contributed by atoms with Gasteiger partial charge in [0.25, 0.3) is 0 Å². The highest BCUT2D eigenvalue weighted by atomic mass is 16.1. The van der Waals surface area contributed by atoms with E-state index in [-0.39, 0.29) is 5.78 Å². The zero-order chi connectivity index (χ0) is 6.97. The maximum absolute atomic E-state index is 11.1. The molecule has 1 heterocycles. The Bertz CT molecular complexity index is 238. The van der Waals surface area contributed by atoms with Crippen LogP contribution in [-0.4, -0.2) is 18.0 Å². The van der Waals surface area contributed by atoms with Crippen LogP contribution in [0.15, 0.2) is 16.6 Å². The van der Waals surface area contributed by atoms with Crippen LogP contribution in [0.4, 0.5) is 0 Å². The summed E-state index contributed by atoms with van der Waals surface area (Å²) >= 11 is 0. The highest BCUT2D eigenvalue weighted by molar-refractivity contribution is 6.47. The number of ketones is 1. The van der Waals surface area contributed by atoms with E-state index in [0.717, 1.165) is 25.1 Å². The van der Waals surface area contributed by atoms with E-state index < -0.39 is 0 Å². The maximum Gasteiger partial charge on any atom is 0.181 e. The number of hydrogen-bond acceptors (Lipinski definition) is 2. The zero-order valence-electron chi connectivity index (χ0n) is 5.76. The van der Waals surface area contributed by atoms with Crippen molar-refractivity contribution in [1.29, 1.82) is 0 Å². The van der Waals surface area contributed by atoms with E-state index in [1.807, 2.05) is 0 Å². The molecule has 0 saturated heterocycles. The van der Waals surface area contributed by atoms with E-state index in [4.69, 9.17) is 0 Å². The van der Waals surface area contributed by atoms with Gasteiger partial charge >= 0.3 is 0 Å². The van der Waals surface area contributed by atoms with Crippen molar-refractivity contribution in [2.75, 3.05) is 6.54 Å². The van der Waals surface area contributed by atoms with Gasteiger partial charge in [-0.2, -0.15) is 0 Å². The Morgan fingerprint density at radius 2 is 2.30 bits per heavy atom. The van der Waals surface area contributed by atoms with E-state index in [1.54, 1.807) is 0 Å². The van der Waals surface area contributed by atoms with Crippen molar-refractivity contribution in [3.8, 4) is 0 Å². The van der Waals surface area contributed by atoms with Crippen LogP contribution in [0.25, 0.3) is 0 Å². The Labute approximate surface area is 59.6 Å². The van der Waals surface area contributed by atoms with Crippen LogP contribution in [-0.2, 0) is 4.79 Å². The summed E-state index contributed by atoms with van der Waals surface area (Å²) in [6, 6.07) is 0. The summed E-state index contributed by atoms with van der Waals surface area (Å²) in [6.45, 7) is 0.733. The van der Waals surface area contributed by atoms with Gasteiger partial charge < -0.3 is 0 Å². The molecule has 0 spiro atoms. The van der Waals surface area contributed by atoms with Gasteiger partial charge in [-0.05, 0) is 18.4 Å². The molecule has 1 saturated carbocycles. The van der Waals surface area contributed by atoms with E-state index in [2.05, 4.69) is 11.1 Å². The molecule has 2 aliphatic rings. The van der Waals surface area contributed by atoms with Gasteiger partial charge in [0, 0.05) is 6.42 Å². The summed E-state index contributed by atoms with van der Waals surface area (Å²) in [5.41, 5.74) is 1.96. The minimum Gasteiger partial charge on any atom is -0.292 e. The van der Waals surface area contributed by atoms with Gasteiger partial charge in [-0.25, -0.2) is 0 Å². The van der Waals surface area contributed by atoms with Crippen molar-refractivity contribution in [2.24, 2.45) is 4.99 Å². The topological polar surface area (TPSA) is 29.4 Å². The monoisotopic (exact) mass is 135 g/mol. The lowest BCUT2D eigenvalue weighted by Gasteiger charge is -2.10. The second-order valence-electron chi connectivity index (χ2n) is 2.70. The third-order valence-electron chi connectivity index (χ3n) is 2.01. The SMILES string of the molecule is O=C1CCCC2=CCN=C12. The van der Waals surface area contributed by atoms with Gasteiger partial charge in [-0.1, -0.05) is 6.08 Å². The molecule has 1 fully saturated rings. The first-order valence-corrected chi connectivity index (χ1v) is 3.65. The summed E-state index contributed by atoms with van der Waals surface area (Å²) in [7, 11) is 0. The van der Waals surface area contributed by atoms with Gasteiger partial charge in [0.1, 0.15) is 5.71 Å². The maximum atomic E-state index is 11.1. The zero-order valence-corrected chi connectivity index (χ0v) is 5.76. The molecule has 0 aromatic rings. The van der Waals surface area contributed by atoms with Crippen molar-refractivity contribution >= 4 is 11.5 Å².